The maximum Gasteiger partial charge on any atom is 0.358 e. The predicted octanol–water partition coefficient (Wildman–Crippen LogP) is -0.206. The standard InChI is InChI=1S/C10H17N3O4/c1-7(6-14)5-13-8(3-4-17-2)9(10(15)16)11-12-13/h7,14H,3-6H2,1-2H3,(H,15,16). The van der Waals surface area contributed by atoms with Gasteiger partial charge in [0.1, 0.15) is 0 Å². The Hall–Kier alpha value is -1.47. The summed E-state index contributed by atoms with van der Waals surface area (Å²) in [6.07, 6.45) is 0.434. The number of hydrogen-bond acceptors (Lipinski definition) is 5. The van der Waals surface area contributed by atoms with Gasteiger partial charge in [-0.25, -0.2) is 9.48 Å². The van der Waals surface area contributed by atoms with Crippen LogP contribution in [0.25, 0.3) is 0 Å². The van der Waals surface area contributed by atoms with Crippen molar-refractivity contribution in [1.82, 2.24) is 15.0 Å². The second kappa shape index (κ2) is 6.31. The normalized spacial score (nSPS) is 12.6. The number of ether oxygens (including phenoxy) is 1. The van der Waals surface area contributed by atoms with Gasteiger partial charge in [0.15, 0.2) is 5.69 Å². The minimum absolute atomic E-state index is 0.000334. The van der Waals surface area contributed by atoms with E-state index in [2.05, 4.69) is 10.3 Å². The SMILES string of the molecule is COCCc1c(C(=O)O)nnn1CC(C)CO. The van der Waals surface area contributed by atoms with Crippen molar-refractivity contribution in [2.24, 2.45) is 5.92 Å². The van der Waals surface area contributed by atoms with Gasteiger partial charge in [0, 0.05) is 26.7 Å². The highest BCUT2D eigenvalue weighted by atomic mass is 16.5. The smallest absolute Gasteiger partial charge is 0.358 e. The lowest BCUT2D eigenvalue weighted by Crippen LogP contribution is -2.16. The fourth-order valence-electron chi connectivity index (χ4n) is 1.44. The van der Waals surface area contributed by atoms with Gasteiger partial charge in [-0.2, -0.15) is 0 Å². The highest BCUT2D eigenvalue weighted by Crippen LogP contribution is 2.09. The van der Waals surface area contributed by atoms with E-state index in [9.17, 15) is 4.79 Å². The van der Waals surface area contributed by atoms with Crippen LogP contribution in [0.5, 0.6) is 0 Å². The van der Waals surface area contributed by atoms with E-state index in [-0.39, 0.29) is 18.2 Å². The van der Waals surface area contributed by atoms with Crippen LogP contribution in [-0.2, 0) is 17.7 Å². The largest absolute Gasteiger partial charge is 0.476 e. The quantitative estimate of drug-likeness (QED) is 0.688. The van der Waals surface area contributed by atoms with E-state index < -0.39 is 5.97 Å². The van der Waals surface area contributed by atoms with E-state index in [0.29, 0.717) is 25.3 Å². The monoisotopic (exact) mass is 243 g/mol. The molecule has 0 radical (unpaired) electrons. The molecule has 1 unspecified atom stereocenters. The van der Waals surface area contributed by atoms with Crippen LogP contribution in [0.1, 0.15) is 23.1 Å². The van der Waals surface area contributed by atoms with E-state index in [0.717, 1.165) is 0 Å². The van der Waals surface area contributed by atoms with Crippen molar-refractivity contribution in [3.05, 3.63) is 11.4 Å². The van der Waals surface area contributed by atoms with Crippen LogP contribution in [0.3, 0.4) is 0 Å². The zero-order valence-electron chi connectivity index (χ0n) is 9.96. The number of methoxy groups -OCH3 is 1. The van der Waals surface area contributed by atoms with Crippen LogP contribution in [0, 0.1) is 5.92 Å². The minimum atomic E-state index is -1.10. The number of hydrogen-bond donors (Lipinski definition) is 2. The molecule has 2 N–H and O–H groups in total. The van der Waals surface area contributed by atoms with Crippen LogP contribution >= 0.6 is 0 Å². The number of carboxylic acids is 1. The average Bonchev–Trinajstić information content (AvgIpc) is 2.69. The van der Waals surface area contributed by atoms with Gasteiger partial charge in [0.05, 0.1) is 12.3 Å². The number of aliphatic hydroxyl groups excluding tert-OH is 1. The molecule has 0 bridgehead atoms. The van der Waals surface area contributed by atoms with Gasteiger partial charge in [-0.05, 0) is 5.92 Å². The molecule has 0 saturated carbocycles. The number of carboxylic acid groups (broad SMARTS) is 1. The summed E-state index contributed by atoms with van der Waals surface area (Å²) in [6, 6.07) is 0. The van der Waals surface area contributed by atoms with Crippen molar-refractivity contribution < 1.29 is 19.7 Å². The molecule has 0 amide bonds. The van der Waals surface area contributed by atoms with Gasteiger partial charge in [-0.3, -0.25) is 0 Å². The summed E-state index contributed by atoms with van der Waals surface area (Å²) in [7, 11) is 1.55. The molecular formula is C10H17N3O4. The van der Waals surface area contributed by atoms with Gasteiger partial charge in [-0.15, -0.1) is 5.10 Å². The van der Waals surface area contributed by atoms with Gasteiger partial charge in [-0.1, -0.05) is 12.1 Å². The topological polar surface area (TPSA) is 97.5 Å². The summed E-state index contributed by atoms with van der Waals surface area (Å²) >= 11 is 0. The lowest BCUT2D eigenvalue weighted by Gasteiger charge is -2.10. The predicted molar refractivity (Wildman–Crippen MR) is 58.8 cm³/mol. The molecule has 0 aliphatic rings. The first-order valence-electron chi connectivity index (χ1n) is 5.35. The van der Waals surface area contributed by atoms with Crippen LogP contribution in [-0.4, -0.2) is 51.5 Å². The highest BCUT2D eigenvalue weighted by molar-refractivity contribution is 5.86. The second-order valence-corrected chi connectivity index (χ2v) is 3.90. The van der Waals surface area contributed by atoms with Crippen molar-refractivity contribution in [2.45, 2.75) is 19.9 Å². The van der Waals surface area contributed by atoms with Crippen LogP contribution in [0.2, 0.25) is 0 Å². The molecule has 1 heterocycles. The maximum atomic E-state index is 10.9. The third kappa shape index (κ3) is 3.50. The van der Waals surface area contributed by atoms with Gasteiger partial charge >= 0.3 is 5.97 Å². The van der Waals surface area contributed by atoms with Gasteiger partial charge in [0.25, 0.3) is 0 Å². The molecule has 7 nitrogen and oxygen atoms in total. The third-order valence-electron chi connectivity index (χ3n) is 2.38. The number of aromatic nitrogens is 3. The zero-order chi connectivity index (χ0) is 12.8. The molecule has 96 valence electrons. The van der Waals surface area contributed by atoms with Crippen LogP contribution < -0.4 is 0 Å². The van der Waals surface area contributed by atoms with E-state index in [4.69, 9.17) is 14.9 Å². The fourth-order valence-corrected chi connectivity index (χ4v) is 1.44. The number of carbonyl (C=O) groups is 1. The summed E-state index contributed by atoms with van der Waals surface area (Å²) in [5.41, 5.74) is 0.479. The maximum absolute atomic E-state index is 10.9. The van der Waals surface area contributed by atoms with Crippen molar-refractivity contribution in [2.75, 3.05) is 20.3 Å². The molecule has 0 spiro atoms. The molecule has 7 heteroatoms. The second-order valence-electron chi connectivity index (χ2n) is 3.90. The van der Waals surface area contributed by atoms with Crippen molar-refractivity contribution in [3.8, 4) is 0 Å². The Kier molecular flexibility index (Phi) is 5.05. The first-order valence-corrected chi connectivity index (χ1v) is 5.35. The fraction of sp³-hybridized carbons (Fsp3) is 0.700. The number of nitrogens with zero attached hydrogens (tertiary/aromatic N) is 3. The summed E-state index contributed by atoms with van der Waals surface area (Å²) in [5.74, 6) is -1.10. The molecule has 0 saturated heterocycles. The third-order valence-corrected chi connectivity index (χ3v) is 2.38. The minimum Gasteiger partial charge on any atom is -0.476 e. The van der Waals surface area contributed by atoms with E-state index in [1.807, 2.05) is 6.92 Å². The number of rotatable bonds is 7. The number of aliphatic hydroxyl groups is 1. The Morgan fingerprint density at radius 2 is 2.29 bits per heavy atom. The van der Waals surface area contributed by atoms with E-state index >= 15 is 0 Å². The molecule has 0 fully saturated rings. The van der Waals surface area contributed by atoms with Crippen LogP contribution in [0.4, 0.5) is 0 Å². The Bertz CT molecular complexity index is 378. The zero-order valence-corrected chi connectivity index (χ0v) is 9.96. The summed E-state index contributed by atoms with van der Waals surface area (Å²) < 4.78 is 6.44. The molecular weight excluding hydrogens is 226 g/mol. The summed E-state index contributed by atoms with van der Waals surface area (Å²) in [5, 5.41) is 25.4. The Morgan fingerprint density at radius 3 is 2.82 bits per heavy atom. The summed E-state index contributed by atoms with van der Waals surface area (Å²) in [4.78, 5) is 10.9. The van der Waals surface area contributed by atoms with Crippen molar-refractivity contribution >= 4 is 5.97 Å². The molecule has 1 aromatic rings. The molecule has 1 rings (SSSR count). The Balaban J connectivity index is 2.91. The van der Waals surface area contributed by atoms with E-state index in [1.165, 1.54) is 4.68 Å². The van der Waals surface area contributed by atoms with Gasteiger partial charge in [0.2, 0.25) is 0 Å². The Labute approximate surface area is 99.0 Å². The van der Waals surface area contributed by atoms with Crippen molar-refractivity contribution in [1.29, 1.82) is 0 Å². The van der Waals surface area contributed by atoms with Crippen LogP contribution in [0.15, 0.2) is 0 Å². The molecule has 1 atom stereocenters. The first kappa shape index (κ1) is 13.6. The molecule has 1 aromatic heterocycles. The highest BCUT2D eigenvalue weighted by Gasteiger charge is 2.19. The molecule has 0 aliphatic heterocycles. The van der Waals surface area contributed by atoms with Crippen molar-refractivity contribution in [3.63, 3.8) is 0 Å². The van der Waals surface area contributed by atoms with Gasteiger partial charge < -0.3 is 14.9 Å². The summed E-state index contributed by atoms with van der Waals surface area (Å²) in [6.45, 7) is 2.71. The molecule has 17 heavy (non-hydrogen) atoms. The molecule has 0 aliphatic carbocycles. The lowest BCUT2D eigenvalue weighted by atomic mass is 10.2. The number of aromatic carboxylic acids is 1. The molecule has 0 aromatic carbocycles. The average molecular weight is 243 g/mol. The van der Waals surface area contributed by atoms with E-state index in [1.54, 1.807) is 7.11 Å². The Morgan fingerprint density at radius 1 is 1.59 bits per heavy atom. The first-order chi connectivity index (χ1) is 8.10. The lowest BCUT2D eigenvalue weighted by molar-refractivity contribution is 0.0688.